The predicted octanol–water partition coefficient (Wildman–Crippen LogP) is 3.42. The van der Waals surface area contributed by atoms with Crippen LogP contribution in [0.25, 0.3) is 21.7 Å². The number of carbonyl (C=O) groups is 1. The van der Waals surface area contributed by atoms with Crippen molar-refractivity contribution < 1.29 is 28.9 Å². The molecule has 0 saturated heterocycles. The van der Waals surface area contributed by atoms with E-state index in [2.05, 4.69) is 11.1 Å². The van der Waals surface area contributed by atoms with E-state index in [1.807, 2.05) is 23.6 Å². The number of nitriles is 1. The Kier molecular flexibility index (Phi) is 7.60. The Morgan fingerprint density at radius 3 is 2.74 bits per heavy atom. The summed E-state index contributed by atoms with van der Waals surface area (Å²) in [5.74, 6) is -0.457. The molecule has 0 bridgehead atoms. The Morgan fingerprint density at radius 1 is 1.26 bits per heavy atom. The van der Waals surface area contributed by atoms with Crippen molar-refractivity contribution in [3.63, 3.8) is 0 Å². The minimum atomic E-state index is -1.40. The summed E-state index contributed by atoms with van der Waals surface area (Å²) in [4.78, 5) is 18.8. The highest BCUT2D eigenvalue weighted by atomic mass is 32.1. The zero-order chi connectivity index (χ0) is 24.8. The van der Waals surface area contributed by atoms with Crippen molar-refractivity contribution in [3.8, 4) is 33.6 Å². The van der Waals surface area contributed by atoms with Gasteiger partial charge in [-0.15, -0.1) is 22.7 Å². The molecule has 0 aliphatic carbocycles. The highest BCUT2D eigenvalue weighted by Crippen LogP contribution is 2.35. The maximum atomic E-state index is 12.3. The molecule has 4 aromatic rings. The van der Waals surface area contributed by atoms with Crippen LogP contribution in [0.4, 0.5) is 0 Å². The van der Waals surface area contributed by atoms with Gasteiger partial charge in [-0.1, -0.05) is 6.07 Å². The number of nitrogens with zero attached hydrogens (tertiary/aromatic N) is 2. The largest absolute Gasteiger partial charge is 0.472 e. The normalized spacial score (nSPS) is 11.3. The van der Waals surface area contributed by atoms with Crippen LogP contribution in [0.3, 0.4) is 0 Å². The number of esters is 1. The maximum Gasteiger partial charge on any atom is 0.348 e. The summed E-state index contributed by atoms with van der Waals surface area (Å²) in [6.45, 7) is -1.31. The number of aromatic nitrogens is 1. The Morgan fingerprint density at radius 2 is 2.09 bits per heavy atom. The molecule has 0 aliphatic rings. The third-order valence-electron chi connectivity index (χ3n) is 5.04. The molecule has 35 heavy (non-hydrogen) atoms. The molecule has 11 heteroatoms. The monoisotopic (exact) mass is 511 g/mol. The Bertz CT molecular complexity index is 1320. The number of hydrogen-bond donors (Lipinski definition) is 3. The van der Waals surface area contributed by atoms with Crippen LogP contribution in [0.5, 0.6) is 5.88 Å². The number of hydrogen-bond acceptors (Lipinski definition) is 11. The molecule has 0 fully saturated rings. The van der Waals surface area contributed by atoms with Crippen molar-refractivity contribution in [2.75, 3.05) is 19.8 Å². The van der Waals surface area contributed by atoms with Crippen LogP contribution >= 0.6 is 22.7 Å². The first-order chi connectivity index (χ1) is 17.0. The molecule has 0 amide bonds. The predicted molar refractivity (Wildman–Crippen MR) is 130 cm³/mol. The Hall–Kier alpha value is -3.53. The van der Waals surface area contributed by atoms with Crippen LogP contribution < -0.4 is 10.5 Å². The van der Waals surface area contributed by atoms with Gasteiger partial charge in [0, 0.05) is 16.0 Å². The summed E-state index contributed by atoms with van der Waals surface area (Å²) in [7, 11) is 0. The molecule has 4 N–H and O–H groups in total. The van der Waals surface area contributed by atoms with Gasteiger partial charge in [-0.25, -0.2) is 9.78 Å². The quantitative estimate of drug-likeness (QED) is 0.272. The molecule has 9 nitrogen and oxygen atoms in total. The second-order valence-electron chi connectivity index (χ2n) is 7.65. The highest BCUT2D eigenvalue weighted by molar-refractivity contribution is 7.14. The lowest BCUT2D eigenvalue weighted by Gasteiger charge is -2.23. The smallest absolute Gasteiger partial charge is 0.348 e. The first-order valence-electron chi connectivity index (χ1n) is 10.4. The number of aliphatic hydroxyl groups is 2. The molecule has 4 heterocycles. The lowest BCUT2D eigenvalue weighted by atomic mass is 10.0. The van der Waals surface area contributed by atoms with Crippen LogP contribution in [0, 0.1) is 11.3 Å². The van der Waals surface area contributed by atoms with E-state index in [9.17, 15) is 20.3 Å². The van der Waals surface area contributed by atoms with Gasteiger partial charge in [0.1, 0.15) is 29.7 Å². The van der Waals surface area contributed by atoms with Gasteiger partial charge in [0.2, 0.25) is 5.88 Å². The number of nitrogens with two attached hydrogens (primary N) is 1. The first-order valence-corrected chi connectivity index (χ1v) is 12.1. The Balaban J connectivity index is 1.54. The van der Waals surface area contributed by atoms with Gasteiger partial charge in [0.15, 0.2) is 0 Å². The van der Waals surface area contributed by atoms with Crippen molar-refractivity contribution in [1.29, 1.82) is 5.26 Å². The average molecular weight is 512 g/mol. The van der Waals surface area contributed by atoms with Gasteiger partial charge in [-0.05, 0) is 35.7 Å². The molecule has 0 unspecified atom stereocenters. The lowest BCUT2D eigenvalue weighted by molar-refractivity contribution is 0.0214. The number of furan rings is 1. The van der Waals surface area contributed by atoms with Gasteiger partial charge >= 0.3 is 5.97 Å². The highest BCUT2D eigenvalue weighted by Gasteiger charge is 2.26. The summed E-state index contributed by atoms with van der Waals surface area (Å²) < 4.78 is 16.3. The van der Waals surface area contributed by atoms with Crippen molar-refractivity contribution in [1.82, 2.24) is 4.98 Å². The standard InChI is InChI=1S/C24H21N3O6S2/c25-9-18-17(15-5-6-31-10-15)8-19(20-2-1-7-34-20)27-22(18)32-11-16-3-4-21(35-16)23(30)33-14-24(26,12-28)13-29/h1-8,10,28-29H,11-14,26H2. The fourth-order valence-electron chi connectivity index (χ4n) is 3.06. The SMILES string of the molecule is N#Cc1c(-c2ccoc2)cc(-c2cccs2)nc1OCc1ccc(C(=O)OCC(N)(CO)CO)s1. The summed E-state index contributed by atoms with van der Waals surface area (Å²) in [5.41, 5.74) is 6.64. The third kappa shape index (κ3) is 5.59. The summed E-state index contributed by atoms with van der Waals surface area (Å²) in [6, 6.07) is 12.9. The van der Waals surface area contributed by atoms with E-state index >= 15 is 0 Å². The van der Waals surface area contributed by atoms with Crippen LogP contribution in [0.15, 0.2) is 58.7 Å². The van der Waals surface area contributed by atoms with E-state index in [0.717, 1.165) is 21.8 Å². The first kappa shape index (κ1) is 24.6. The summed E-state index contributed by atoms with van der Waals surface area (Å²) in [6.07, 6.45) is 3.09. The molecule has 0 atom stereocenters. The maximum absolute atomic E-state index is 12.3. The molecule has 0 saturated carbocycles. The van der Waals surface area contributed by atoms with Crippen LogP contribution in [0.2, 0.25) is 0 Å². The lowest BCUT2D eigenvalue weighted by Crippen LogP contribution is -2.51. The van der Waals surface area contributed by atoms with E-state index < -0.39 is 24.7 Å². The van der Waals surface area contributed by atoms with Crippen molar-refractivity contribution in [3.05, 3.63) is 69.6 Å². The Labute approximate surface area is 208 Å². The molecule has 4 aromatic heterocycles. The van der Waals surface area contributed by atoms with E-state index in [1.54, 1.807) is 24.5 Å². The van der Waals surface area contributed by atoms with Crippen molar-refractivity contribution in [2.45, 2.75) is 12.1 Å². The molecule has 0 aliphatic heterocycles. The molecule has 0 aromatic carbocycles. The number of aliphatic hydroxyl groups excluding tert-OH is 2. The zero-order valence-electron chi connectivity index (χ0n) is 18.3. The van der Waals surface area contributed by atoms with E-state index in [0.29, 0.717) is 21.0 Å². The third-order valence-corrected chi connectivity index (χ3v) is 6.97. The molecule has 180 valence electrons. The van der Waals surface area contributed by atoms with Gasteiger partial charge in [-0.3, -0.25) is 0 Å². The van der Waals surface area contributed by atoms with Crippen LogP contribution in [-0.2, 0) is 11.3 Å². The summed E-state index contributed by atoms with van der Waals surface area (Å²) in [5, 5.41) is 30.3. The minimum Gasteiger partial charge on any atom is -0.472 e. The molecule has 0 spiro atoms. The van der Waals surface area contributed by atoms with Gasteiger partial charge in [-0.2, -0.15) is 5.26 Å². The molecule has 4 rings (SSSR count). The van der Waals surface area contributed by atoms with Crippen molar-refractivity contribution >= 4 is 28.6 Å². The van der Waals surface area contributed by atoms with Crippen molar-refractivity contribution in [2.24, 2.45) is 5.73 Å². The van der Waals surface area contributed by atoms with Gasteiger partial charge in [0.05, 0.1) is 41.9 Å². The average Bonchev–Trinajstić information content (AvgIpc) is 3.68. The molecular formula is C24H21N3O6S2. The van der Waals surface area contributed by atoms with Crippen LogP contribution in [0.1, 0.15) is 20.1 Å². The van der Waals surface area contributed by atoms with Crippen LogP contribution in [-0.4, -0.2) is 46.5 Å². The van der Waals surface area contributed by atoms with Gasteiger partial charge in [0.25, 0.3) is 0 Å². The number of pyridine rings is 1. The topological polar surface area (TPSA) is 152 Å². The number of thiophene rings is 2. The van der Waals surface area contributed by atoms with Gasteiger partial charge < -0.3 is 29.8 Å². The number of ether oxygens (including phenoxy) is 2. The van der Waals surface area contributed by atoms with E-state index in [1.165, 1.54) is 17.6 Å². The molecule has 0 radical (unpaired) electrons. The molecular weight excluding hydrogens is 490 g/mol. The minimum absolute atomic E-state index is 0.0758. The second kappa shape index (κ2) is 10.8. The second-order valence-corrected chi connectivity index (χ2v) is 9.76. The fourth-order valence-corrected chi connectivity index (χ4v) is 4.56. The summed E-state index contributed by atoms with van der Waals surface area (Å²) >= 11 is 2.68. The van der Waals surface area contributed by atoms with E-state index in [4.69, 9.17) is 19.6 Å². The number of carbonyl (C=O) groups excluding carboxylic acids is 1. The zero-order valence-corrected chi connectivity index (χ0v) is 20.0. The fraction of sp³-hybridized carbons (Fsp3) is 0.208. The van der Waals surface area contributed by atoms with E-state index in [-0.39, 0.29) is 24.7 Å². The number of rotatable bonds is 10.